The number of nitrogens with one attached hydrogen (secondary N) is 1. The van der Waals surface area contributed by atoms with Crippen LogP contribution >= 0.6 is 0 Å². The van der Waals surface area contributed by atoms with Crippen molar-refractivity contribution in [3.63, 3.8) is 0 Å². The van der Waals surface area contributed by atoms with Gasteiger partial charge in [0.25, 0.3) is 5.56 Å². The van der Waals surface area contributed by atoms with Gasteiger partial charge in [-0.25, -0.2) is 5.10 Å². The average molecular weight is 228 g/mol. The number of carbonyl (C=O) groups is 1. The van der Waals surface area contributed by atoms with Crippen LogP contribution in [0.5, 0.6) is 0 Å². The Morgan fingerprint density at radius 3 is 2.75 bits per heavy atom. The summed E-state index contributed by atoms with van der Waals surface area (Å²) < 4.78 is 4.34. The Morgan fingerprint density at radius 1 is 1.56 bits per heavy atom. The molecule has 7 nitrogen and oxygen atoms in total. The molecule has 2 atom stereocenters. The van der Waals surface area contributed by atoms with E-state index in [2.05, 4.69) is 14.9 Å². The number of H-pyrrole nitrogens is 1. The Hall–Kier alpha value is -1.73. The van der Waals surface area contributed by atoms with Crippen LogP contribution in [0.15, 0.2) is 16.9 Å². The van der Waals surface area contributed by atoms with Gasteiger partial charge in [-0.2, -0.15) is 5.10 Å². The Morgan fingerprint density at radius 2 is 2.25 bits per heavy atom. The zero-order valence-corrected chi connectivity index (χ0v) is 8.58. The molecule has 88 valence electrons. The van der Waals surface area contributed by atoms with E-state index in [0.29, 0.717) is 0 Å². The number of aliphatic hydroxyl groups is 2. The third-order valence-corrected chi connectivity index (χ3v) is 1.97. The van der Waals surface area contributed by atoms with Crippen molar-refractivity contribution in [2.24, 2.45) is 0 Å². The quantitative estimate of drug-likeness (QED) is 0.554. The van der Waals surface area contributed by atoms with Crippen LogP contribution in [0.3, 0.4) is 0 Å². The van der Waals surface area contributed by atoms with Crippen LogP contribution in [0.2, 0.25) is 0 Å². The third-order valence-electron chi connectivity index (χ3n) is 1.97. The molecule has 0 radical (unpaired) electrons. The minimum absolute atomic E-state index is 0.0796. The smallest absolute Gasteiger partial charge is 0.308 e. The van der Waals surface area contributed by atoms with Gasteiger partial charge in [0, 0.05) is 6.07 Å². The number of esters is 1. The molecule has 3 N–H and O–H groups in total. The van der Waals surface area contributed by atoms with Gasteiger partial charge in [-0.05, 0) is 6.07 Å². The highest BCUT2D eigenvalue weighted by Crippen LogP contribution is 2.15. The lowest BCUT2D eigenvalue weighted by molar-refractivity contribution is -0.144. The molecule has 1 rings (SSSR count). The van der Waals surface area contributed by atoms with E-state index in [1.165, 1.54) is 13.2 Å². The minimum Gasteiger partial charge on any atom is -0.469 e. The summed E-state index contributed by atoms with van der Waals surface area (Å²) in [7, 11) is 1.18. The number of aromatic amines is 1. The second-order valence-electron chi connectivity index (χ2n) is 3.14. The largest absolute Gasteiger partial charge is 0.469 e. The van der Waals surface area contributed by atoms with E-state index in [0.717, 1.165) is 6.07 Å². The van der Waals surface area contributed by atoms with Gasteiger partial charge in [0.2, 0.25) is 0 Å². The molecule has 2 unspecified atom stereocenters. The van der Waals surface area contributed by atoms with Crippen molar-refractivity contribution < 1.29 is 19.7 Å². The fourth-order valence-corrected chi connectivity index (χ4v) is 1.08. The number of nitrogens with zero attached hydrogens (tertiary/aromatic N) is 1. The Balaban J connectivity index is 2.69. The van der Waals surface area contributed by atoms with Gasteiger partial charge in [0.15, 0.2) is 0 Å². The first-order valence-corrected chi connectivity index (χ1v) is 4.53. The molecule has 0 saturated heterocycles. The first-order chi connectivity index (χ1) is 7.54. The van der Waals surface area contributed by atoms with E-state index < -0.39 is 23.7 Å². The van der Waals surface area contributed by atoms with Crippen LogP contribution in [0.4, 0.5) is 0 Å². The highest BCUT2D eigenvalue weighted by molar-refractivity contribution is 5.69. The predicted molar refractivity (Wildman–Crippen MR) is 52.5 cm³/mol. The Labute approximate surface area is 90.7 Å². The van der Waals surface area contributed by atoms with Crippen LogP contribution in [0.1, 0.15) is 18.2 Å². The Bertz CT molecular complexity index is 396. The molecule has 0 aromatic carbocycles. The van der Waals surface area contributed by atoms with Crippen molar-refractivity contribution in [1.82, 2.24) is 10.2 Å². The van der Waals surface area contributed by atoms with Crippen molar-refractivity contribution in [3.05, 3.63) is 28.2 Å². The van der Waals surface area contributed by atoms with Crippen molar-refractivity contribution in [1.29, 1.82) is 0 Å². The summed E-state index contributed by atoms with van der Waals surface area (Å²) in [4.78, 5) is 21.5. The first kappa shape index (κ1) is 12.3. The molecule has 0 aliphatic rings. The SMILES string of the molecule is COC(=O)CC(O)C(O)c1ccc(=O)[nH]n1. The summed E-state index contributed by atoms with van der Waals surface area (Å²) in [5.74, 6) is -0.643. The minimum atomic E-state index is -1.35. The van der Waals surface area contributed by atoms with Gasteiger partial charge in [-0.1, -0.05) is 0 Å². The van der Waals surface area contributed by atoms with E-state index in [-0.39, 0.29) is 12.1 Å². The van der Waals surface area contributed by atoms with Crippen LogP contribution in [0, 0.1) is 0 Å². The van der Waals surface area contributed by atoms with E-state index in [1.54, 1.807) is 0 Å². The topological polar surface area (TPSA) is 113 Å². The number of rotatable bonds is 4. The second-order valence-corrected chi connectivity index (χ2v) is 3.14. The van der Waals surface area contributed by atoms with Crippen molar-refractivity contribution >= 4 is 5.97 Å². The fraction of sp³-hybridized carbons (Fsp3) is 0.444. The number of hydrogen-bond donors (Lipinski definition) is 3. The van der Waals surface area contributed by atoms with E-state index in [1.807, 2.05) is 0 Å². The summed E-state index contributed by atoms with van der Waals surface area (Å²) in [6.45, 7) is 0. The third kappa shape index (κ3) is 3.14. The molecule has 1 aromatic rings. The van der Waals surface area contributed by atoms with Crippen molar-refractivity contribution in [3.8, 4) is 0 Å². The first-order valence-electron chi connectivity index (χ1n) is 4.53. The summed E-state index contributed by atoms with van der Waals surface area (Å²) in [6, 6.07) is 2.43. The van der Waals surface area contributed by atoms with Crippen LogP contribution in [0.25, 0.3) is 0 Å². The lowest BCUT2D eigenvalue weighted by atomic mass is 10.1. The normalized spacial score (nSPS) is 14.2. The van der Waals surface area contributed by atoms with Gasteiger partial charge < -0.3 is 14.9 Å². The van der Waals surface area contributed by atoms with Crippen molar-refractivity contribution in [2.45, 2.75) is 18.6 Å². The molecule has 1 aromatic heterocycles. The number of methoxy groups -OCH3 is 1. The van der Waals surface area contributed by atoms with Crippen LogP contribution in [-0.4, -0.2) is 39.6 Å². The molecule has 7 heteroatoms. The van der Waals surface area contributed by atoms with Crippen LogP contribution < -0.4 is 5.56 Å². The molecule has 16 heavy (non-hydrogen) atoms. The number of ether oxygens (including phenoxy) is 1. The molecule has 0 spiro atoms. The average Bonchev–Trinajstić information content (AvgIpc) is 2.28. The van der Waals surface area contributed by atoms with Gasteiger partial charge in [-0.15, -0.1) is 0 Å². The summed E-state index contributed by atoms with van der Waals surface area (Å²) in [5.41, 5.74) is -0.339. The number of aliphatic hydroxyl groups excluding tert-OH is 2. The maximum Gasteiger partial charge on any atom is 0.308 e. The molecule has 1 heterocycles. The number of carbonyl (C=O) groups excluding carboxylic acids is 1. The number of aromatic nitrogens is 2. The summed E-state index contributed by atoms with van der Waals surface area (Å²) in [6.07, 6.45) is -3.03. The molecule has 0 amide bonds. The lowest BCUT2D eigenvalue weighted by Crippen LogP contribution is -2.24. The van der Waals surface area contributed by atoms with E-state index in [4.69, 9.17) is 0 Å². The van der Waals surface area contributed by atoms with E-state index in [9.17, 15) is 19.8 Å². The lowest BCUT2D eigenvalue weighted by Gasteiger charge is -2.15. The molecular formula is C9H12N2O5. The molecule has 0 fully saturated rings. The number of hydrogen-bond acceptors (Lipinski definition) is 6. The fourth-order valence-electron chi connectivity index (χ4n) is 1.08. The zero-order valence-electron chi connectivity index (χ0n) is 8.58. The summed E-state index contributed by atoms with van der Waals surface area (Å²) in [5, 5.41) is 24.7. The van der Waals surface area contributed by atoms with Gasteiger partial charge in [0.05, 0.1) is 25.3 Å². The van der Waals surface area contributed by atoms with Gasteiger partial charge in [0.1, 0.15) is 6.10 Å². The highest BCUT2D eigenvalue weighted by atomic mass is 16.5. The van der Waals surface area contributed by atoms with Crippen LogP contribution in [-0.2, 0) is 9.53 Å². The molecule has 0 saturated carbocycles. The van der Waals surface area contributed by atoms with Gasteiger partial charge >= 0.3 is 5.97 Å². The molecular weight excluding hydrogens is 216 g/mol. The van der Waals surface area contributed by atoms with Crippen molar-refractivity contribution in [2.75, 3.05) is 7.11 Å². The second kappa shape index (κ2) is 5.38. The van der Waals surface area contributed by atoms with Gasteiger partial charge in [-0.3, -0.25) is 9.59 Å². The highest BCUT2D eigenvalue weighted by Gasteiger charge is 2.22. The maximum absolute atomic E-state index is 10.8. The molecule has 0 aliphatic carbocycles. The van der Waals surface area contributed by atoms with E-state index >= 15 is 0 Å². The monoisotopic (exact) mass is 228 g/mol. The molecule has 0 aliphatic heterocycles. The predicted octanol–water partition coefficient (Wildman–Crippen LogP) is -1.27. The summed E-state index contributed by atoms with van der Waals surface area (Å²) >= 11 is 0. The maximum atomic E-state index is 10.8. The Kier molecular flexibility index (Phi) is 4.15. The molecule has 0 bridgehead atoms. The zero-order chi connectivity index (χ0) is 12.1. The standard InChI is InChI=1S/C9H12N2O5/c1-16-8(14)4-6(12)9(15)5-2-3-7(13)11-10-5/h2-3,6,9,12,15H,4H2,1H3,(H,11,13).